The van der Waals surface area contributed by atoms with Crippen LogP contribution in [-0.2, 0) is 24.8 Å². The summed E-state index contributed by atoms with van der Waals surface area (Å²) in [5.74, 6) is 1.26. The Labute approximate surface area is 155 Å². The summed E-state index contributed by atoms with van der Waals surface area (Å²) in [7, 11) is 1.72. The first-order valence-corrected chi connectivity index (χ1v) is 8.72. The molecule has 1 aromatic heterocycles. The SMILES string of the molecule is Cn1c(=O)c(CCC(=O)NCc2ccc3c(c2)OCO3)nc2ccccc21. The summed E-state index contributed by atoms with van der Waals surface area (Å²) in [6.45, 7) is 0.609. The van der Waals surface area contributed by atoms with Gasteiger partial charge in [-0.1, -0.05) is 18.2 Å². The fraction of sp³-hybridized carbons (Fsp3) is 0.250. The molecule has 0 atom stereocenters. The molecule has 1 aliphatic rings. The Morgan fingerprint density at radius 2 is 2.00 bits per heavy atom. The van der Waals surface area contributed by atoms with Crippen molar-refractivity contribution < 1.29 is 14.3 Å². The summed E-state index contributed by atoms with van der Waals surface area (Å²) >= 11 is 0. The molecule has 2 aromatic carbocycles. The van der Waals surface area contributed by atoms with Crippen LogP contribution in [0.15, 0.2) is 47.3 Å². The Kier molecular flexibility index (Phi) is 4.50. The molecular weight excluding hydrogens is 346 g/mol. The molecule has 0 saturated carbocycles. The van der Waals surface area contributed by atoms with Crippen molar-refractivity contribution in [1.29, 1.82) is 0 Å². The number of carbonyl (C=O) groups excluding carboxylic acids is 1. The maximum Gasteiger partial charge on any atom is 0.272 e. The number of fused-ring (bicyclic) bond motifs is 2. The predicted octanol–water partition coefficient (Wildman–Crippen LogP) is 1.91. The standard InChI is InChI=1S/C20H19N3O4/c1-23-16-5-3-2-4-14(16)22-15(20(23)25)7-9-19(24)21-11-13-6-8-17-18(10-13)27-12-26-17/h2-6,8,10H,7,9,11-12H2,1H3,(H,21,24). The molecule has 0 radical (unpaired) electrons. The van der Waals surface area contributed by atoms with Crippen molar-refractivity contribution in [2.45, 2.75) is 19.4 Å². The summed E-state index contributed by atoms with van der Waals surface area (Å²) in [6.07, 6.45) is 0.496. The average molecular weight is 365 g/mol. The van der Waals surface area contributed by atoms with E-state index >= 15 is 0 Å². The third-order valence-electron chi connectivity index (χ3n) is 4.57. The van der Waals surface area contributed by atoms with E-state index in [1.807, 2.05) is 42.5 Å². The van der Waals surface area contributed by atoms with Gasteiger partial charge in [0.2, 0.25) is 12.7 Å². The highest BCUT2D eigenvalue weighted by Gasteiger charge is 2.14. The third kappa shape index (κ3) is 3.48. The van der Waals surface area contributed by atoms with Gasteiger partial charge in [0.15, 0.2) is 11.5 Å². The van der Waals surface area contributed by atoms with Gasteiger partial charge in [0.25, 0.3) is 5.56 Å². The topological polar surface area (TPSA) is 82.5 Å². The highest BCUT2D eigenvalue weighted by atomic mass is 16.7. The maximum atomic E-state index is 12.4. The van der Waals surface area contributed by atoms with Crippen LogP contribution in [0.25, 0.3) is 11.0 Å². The van der Waals surface area contributed by atoms with Crippen LogP contribution in [0.3, 0.4) is 0 Å². The minimum atomic E-state index is -0.169. The molecule has 0 saturated heterocycles. The quantitative estimate of drug-likeness (QED) is 0.747. The number of nitrogens with zero attached hydrogens (tertiary/aromatic N) is 2. The number of ether oxygens (including phenoxy) is 2. The zero-order valence-electron chi connectivity index (χ0n) is 14.9. The number of hydrogen-bond acceptors (Lipinski definition) is 5. The second-order valence-corrected chi connectivity index (χ2v) is 6.38. The molecule has 4 rings (SSSR count). The molecule has 1 N–H and O–H groups in total. The molecule has 1 aliphatic heterocycles. The number of rotatable bonds is 5. The lowest BCUT2D eigenvalue weighted by atomic mass is 10.2. The number of benzene rings is 2. The lowest BCUT2D eigenvalue weighted by Crippen LogP contribution is -2.27. The zero-order valence-corrected chi connectivity index (χ0v) is 14.9. The van der Waals surface area contributed by atoms with Gasteiger partial charge in [0, 0.05) is 26.4 Å². The van der Waals surface area contributed by atoms with Crippen LogP contribution < -0.4 is 20.3 Å². The molecular formula is C20H19N3O4. The van der Waals surface area contributed by atoms with Crippen LogP contribution in [-0.4, -0.2) is 22.3 Å². The van der Waals surface area contributed by atoms with E-state index in [4.69, 9.17) is 9.47 Å². The molecule has 7 heteroatoms. The molecule has 27 heavy (non-hydrogen) atoms. The van der Waals surface area contributed by atoms with E-state index in [0.717, 1.165) is 16.6 Å². The summed E-state index contributed by atoms with van der Waals surface area (Å²) < 4.78 is 12.2. The second-order valence-electron chi connectivity index (χ2n) is 6.38. The average Bonchev–Trinajstić information content (AvgIpc) is 3.16. The van der Waals surface area contributed by atoms with Crippen LogP contribution >= 0.6 is 0 Å². The van der Waals surface area contributed by atoms with Crippen LogP contribution in [0.1, 0.15) is 17.7 Å². The van der Waals surface area contributed by atoms with Gasteiger partial charge < -0.3 is 19.4 Å². The Morgan fingerprint density at radius 1 is 1.19 bits per heavy atom. The minimum Gasteiger partial charge on any atom is -0.454 e. The Balaban J connectivity index is 1.39. The number of amides is 1. The van der Waals surface area contributed by atoms with Crippen molar-refractivity contribution in [3.63, 3.8) is 0 Å². The lowest BCUT2D eigenvalue weighted by molar-refractivity contribution is -0.121. The highest BCUT2D eigenvalue weighted by Crippen LogP contribution is 2.32. The summed E-state index contributed by atoms with van der Waals surface area (Å²) in [6, 6.07) is 13.0. The predicted molar refractivity (Wildman–Crippen MR) is 99.7 cm³/mol. The Bertz CT molecular complexity index is 1070. The van der Waals surface area contributed by atoms with E-state index in [9.17, 15) is 9.59 Å². The van der Waals surface area contributed by atoms with E-state index in [1.165, 1.54) is 0 Å². The van der Waals surface area contributed by atoms with Crippen molar-refractivity contribution in [2.24, 2.45) is 7.05 Å². The summed E-state index contributed by atoms with van der Waals surface area (Å²) in [5.41, 5.74) is 2.67. The first-order chi connectivity index (χ1) is 13.1. The van der Waals surface area contributed by atoms with E-state index < -0.39 is 0 Å². The lowest BCUT2D eigenvalue weighted by Gasteiger charge is -2.08. The summed E-state index contributed by atoms with van der Waals surface area (Å²) in [4.78, 5) is 29.0. The molecule has 0 spiro atoms. The minimum absolute atomic E-state index is 0.135. The van der Waals surface area contributed by atoms with Gasteiger partial charge in [0.1, 0.15) is 5.69 Å². The fourth-order valence-corrected chi connectivity index (χ4v) is 3.07. The molecule has 0 unspecified atom stereocenters. The largest absolute Gasteiger partial charge is 0.454 e. The Hall–Kier alpha value is -3.35. The van der Waals surface area contributed by atoms with Gasteiger partial charge in [-0.05, 0) is 29.8 Å². The van der Waals surface area contributed by atoms with Crippen molar-refractivity contribution in [1.82, 2.24) is 14.9 Å². The number of aromatic nitrogens is 2. The van der Waals surface area contributed by atoms with Crippen molar-refractivity contribution in [2.75, 3.05) is 6.79 Å². The van der Waals surface area contributed by atoms with Gasteiger partial charge in [-0.15, -0.1) is 0 Å². The number of hydrogen-bond donors (Lipinski definition) is 1. The van der Waals surface area contributed by atoms with Crippen molar-refractivity contribution >= 4 is 16.9 Å². The molecule has 3 aromatic rings. The first-order valence-electron chi connectivity index (χ1n) is 8.72. The van der Waals surface area contributed by atoms with Crippen LogP contribution in [0.4, 0.5) is 0 Å². The molecule has 0 aliphatic carbocycles. The van der Waals surface area contributed by atoms with Gasteiger partial charge in [-0.3, -0.25) is 9.59 Å². The molecule has 0 bridgehead atoms. The summed E-state index contributed by atoms with van der Waals surface area (Å²) in [5, 5.41) is 2.86. The molecule has 7 nitrogen and oxygen atoms in total. The molecule has 1 amide bonds. The smallest absolute Gasteiger partial charge is 0.272 e. The number of aryl methyl sites for hydroxylation is 2. The molecule has 138 valence electrons. The Morgan fingerprint density at radius 3 is 2.89 bits per heavy atom. The van der Waals surface area contributed by atoms with E-state index in [1.54, 1.807) is 11.6 Å². The third-order valence-corrected chi connectivity index (χ3v) is 4.57. The van der Waals surface area contributed by atoms with E-state index in [-0.39, 0.29) is 24.7 Å². The van der Waals surface area contributed by atoms with E-state index in [2.05, 4.69) is 10.3 Å². The fourth-order valence-electron chi connectivity index (χ4n) is 3.07. The zero-order chi connectivity index (χ0) is 18.8. The number of nitrogens with one attached hydrogen (secondary N) is 1. The molecule has 2 heterocycles. The molecule has 0 fully saturated rings. The monoisotopic (exact) mass is 365 g/mol. The number of para-hydroxylation sites is 2. The van der Waals surface area contributed by atoms with Gasteiger partial charge in [-0.25, -0.2) is 4.98 Å². The van der Waals surface area contributed by atoms with Crippen molar-refractivity contribution in [3.8, 4) is 11.5 Å². The normalized spacial score (nSPS) is 12.3. The van der Waals surface area contributed by atoms with Crippen molar-refractivity contribution in [3.05, 3.63) is 64.1 Å². The van der Waals surface area contributed by atoms with Crippen LogP contribution in [0, 0.1) is 0 Å². The first kappa shape index (κ1) is 17.1. The van der Waals surface area contributed by atoms with Gasteiger partial charge >= 0.3 is 0 Å². The van der Waals surface area contributed by atoms with Crippen LogP contribution in [0.5, 0.6) is 11.5 Å². The van der Waals surface area contributed by atoms with E-state index in [0.29, 0.717) is 30.2 Å². The van der Waals surface area contributed by atoms with Gasteiger partial charge in [0.05, 0.1) is 11.0 Å². The van der Waals surface area contributed by atoms with Crippen LogP contribution in [0.2, 0.25) is 0 Å². The number of carbonyl (C=O) groups is 1. The maximum absolute atomic E-state index is 12.4. The highest BCUT2D eigenvalue weighted by molar-refractivity contribution is 5.77. The second kappa shape index (κ2) is 7.11. The van der Waals surface area contributed by atoms with Gasteiger partial charge in [-0.2, -0.15) is 0 Å².